The molecule has 1 aliphatic rings. The second-order valence-electron chi connectivity index (χ2n) is 6.46. The Kier molecular flexibility index (Phi) is 6.70. The van der Waals surface area contributed by atoms with E-state index >= 15 is 0 Å². The predicted molar refractivity (Wildman–Crippen MR) is 115 cm³/mol. The van der Waals surface area contributed by atoms with Gasteiger partial charge < -0.3 is 15.1 Å². The van der Waals surface area contributed by atoms with E-state index in [0.717, 1.165) is 5.69 Å². The molecule has 0 unspecified atom stereocenters. The highest BCUT2D eigenvalue weighted by Gasteiger charge is 2.23. The number of rotatable bonds is 4. The molecule has 1 aliphatic heterocycles. The fourth-order valence-electron chi connectivity index (χ4n) is 3.17. The minimum Gasteiger partial charge on any atom is -0.366 e. The lowest BCUT2D eigenvalue weighted by atomic mass is 10.1. The number of hydrogen-bond acceptors (Lipinski definition) is 3. The first-order valence-corrected chi connectivity index (χ1v) is 10.1. The third-order valence-corrected chi connectivity index (χ3v) is 5.46. The van der Waals surface area contributed by atoms with Crippen molar-refractivity contribution in [3.63, 3.8) is 0 Å². The molecule has 5 nitrogen and oxygen atoms in total. The zero-order valence-corrected chi connectivity index (χ0v) is 17.6. The molecular formula is C20H20Cl3N3O2. The number of nitrogens with zero attached hydrogens (tertiary/aromatic N) is 2. The molecule has 3 rings (SSSR count). The normalized spacial score (nSPS) is 14.1. The van der Waals surface area contributed by atoms with E-state index in [1.807, 2.05) is 17.9 Å². The second-order valence-corrected chi connectivity index (χ2v) is 7.74. The molecule has 1 heterocycles. The summed E-state index contributed by atoms with van der Waals surface area (Å²) in [6.45, 7) is 4.50. The molecule has 0 saturated carbocycles. The molecule has 0 aliphatic carbocycles. The lowest BCUT2D eigenvalue weighted by Crippen LogP contribution is -2.48. The largest absolute Gasteiger partial charge is 0.366 e. The van der Waals surface area contributed by atoms with Crippen molar-refractivity contribution >= 4 is 58.0 Å². The Morgan fingerprint density at radius 2 is 1.61 bits per heavy atom. The molecule has 0 bridgehead atoms. The van der Waals surface area contributed by atoms with Gasteiger partial charge in [-0.05, 0) is 36.4 Å². The van der Waals surface area contributed by atoms with Crippen molar-refractivity contribution in [2.75, 3.05) is 36.4 Å². The zero-order valence-electron chi connectivity index (χ0n) is 15.3. The maximum atomic E-state index is 12.7. The first-order valence-electron chi connectivity index (χ1n) is 8.97. The summed E-state index contributed by atoms with van der Waals surface area (Å²) in [7, 11) is 0. The van der Waals surface area contributed by atoms with E-state index in [9.17, 15) is 9.59 Å². The summed E-state index contributed by atoms with van der Waals surface area (Å²) in [5, 5.41) is 4.14. The SMILES string of the molecule is CCC(=O)N1CCN(c2ccc(Cl)cc2NC(=O)c2cc(Cl)ccc2Cl)CC1. The van der Waals surface area contributed by atoms with Crippen LogP contribution in [0.1, 0.15) is 23.7 Å². The summed E-state index contributed by atoms with van der Waals surface area (Å²) in [4.78, 5) is 28.6. The molecular weight excluding hydrogens is 421 g/mol. The Bertz CT molecular complexity index is 896. The highest BCUT2D eigenvalue weighted by atomic mass is 35.5. The number of carbonyl (C=O) groups excluding carboxylic acids is 2. The topological polar surface area (TPSA) is 52.7 Å². The van der Waals surface area contributed by atoms with Crippen molar-refractivity contribution in [1.29, 1.82) is 0 Å². The molecule has 1 fully saturated rings. The quantitative estimate of drug-likeness (QED) is 0.731. The fraction of sp³-hybridized carbons (Fsp3) is 0.300. The summed E-state index contributed by atoms with van der Waals surface area (Å²) in [5.41, 5.74) is 1.72. The Balaban J connectivity index is 1.81. The summed E-state index contributed by atoms with van der Waals surface area (Å²) >= 11 is 18.3. The van der Waals surface area contributed by atoms with Crippen molar-refractivity contribution in [1.82, 2.24) is 4.90 Å². The van der Waals surface area contributed by atoms with Crippen molar-refractivity contribution in [2.24, 2.45) is 0 Å². The van der Waals surface area contributed by atoms with Crippen LogP contribution in [0.15, 0.2) is 36.4 Å². The minimum atomic E-state index is -0.365. The number of piperazine rings is 1. The van der Waals surface area contributed by atoms with Crippen LogP contribution >= 0.6 is 34.8 Å². The number of hydrogen-bond donors (Lipinski definition) is 1. The lowest BCUT2D eigenvalue weighted by Gasteiger charge is -2.37. The monoisotopic (exact) mass is 439 g/mol. The van der Waals surface area contributed by atoms with Gasteiger partial charge in [-0.15, -0.1) is 0 Å². The van der Waals surface area contributed by atoms with E-state index in [0.29, 0.717) is 58.9 Å². The molecule has 2 aromatic rings. The average molecular weight is 441 g/mol. The van der Waals surface area contributed by atoms with Crippen LogP contribution in [-0.2, 0) is 4.79 Å². The summed E-state index contributed by atoms with van der Waals surface area (Å²) in [6, 6.07) is 10.1. The average Bonchev–Trinajstić information content (AvgIpc) is 2.69. The van der Waals surface area contributed by atoms with Crippen molar-refractivity contribution in [3.05, 3.63) is 57.0 Å². The molecule has 0 atom stereocenters. The number of carbonyl (C=O) groups is 2. The second kappa shape index (κ2) is 9.03. The van der Waals surface area contributed by atoms with Gasteiger partial charge >= 0.3 is 0 Å². The predicted octanol–water partition coefficient (Wildman–Crippen LogP) is 4.96. The van der Waals surface area contributed by atoms with Crippen LogP contribution in [0, 0.1) is 0 Å². The van der Waals surface area contributed by atoms with Gasteiger partial charge in [-0.25, -0.2) is 0 Å². The van der Waals surface area contributed by atoms with Crippen LogP contribution in [0.3, 0.4) is 0 Å². The molecule has 2 aromatic carbocycles. The number of benzene rings is 2. The van der Waals surface area contributed by atoms with Crippen LogP contribution in [0.4, 0.5) is 11.4 Å². The molecule has 28 heavy (non-hydrogen) atoms. The van der Waals surface area contributed by atoms with E-state index in [-0.39, 0.29) is 11.8 Å². The number of halogens is 3. The number of amides is 2. The van der Waals surface area contributed by atoms with Gasteiger partial charge in [0.15, 0.2) is 0 Å². The van der Waals surface area contributed by atoms with Gasteiger partial charge in [-0.3, -0.25) is 9.59 Å². The third kappa shape index (κ3) is 4.72. The number of nitrogens with one attached hydrogen (secondary N) is 1. The third-order valence-electron chi connectivity index (χ3n) is 4.66. The van der Waals surface area contributed by atoms with Crippen LogP contribution in [0.5, 0.6) is 0 Å². The molecule has 1 saturated heterocycles. The van der Waals surface area contributed by atoms with Crippen LogP contribution < -0.4 is 10.2 Å². The van der Waals surface area contributed by atoms with Gasteiger partial charge in [-0.1, -0.05) is 41.7 Å². The molecule has 2 amide bonds. The van der Waals surface area contributed by atoms with E-state index in [1.165, 1.54) is 6.07 Å². The molecule has 0 aromatic heterocycles. The van der Waals surface area contributed by atoms with E-state index in [2.05, 4.69) is 10.2 Å². The molecule has 0 spiro atoms. The van der Waals surface area contributed by atoms with Crippen LogP contribution in [0.2, 0.25) is 15.1 Å². The maximum Gasteiger partial charge on any atom is 0.257 e. The van der Waals surface area contributed by atoms with Crippen molar-refractivity contribution < 1.29 is 9.59 Å². The Hall–Kier alpha value is -1.95. The summed E-state index contributed by atoms with van der Waals surface area (Å²) in [5.74, 6) is -0.212. The van der Waals surface area contributed by atoms with Crippen molar-refractivity contribution in [2.45, 2.75) is 13.3 Å². The van der Waals surface area contributed by atoms with Gasteiger partial charge in [0.2, 0.25) is 5.91 Å². The van der Waals surface area contributed by atoms with E-state index in [4.69, 9.17) is 34.8 Å². The Morgan fingerprint density at radius 1 is 0.964 bits per heavy atom. The highest BCUT2D eigenvalue weighted by molar-refractivity contribution is 6.36. The van der Waals surface area contributed by atoms with Crippen molar-refractivity contribution in [3.8, 4) is 0 Å². The first-order chi connectivity index (χ1) is 13.4. The Morgan fingerprint density at radius 3 is 2.29 bits per heavy atom. The summed E-state index contributed by atoms with van der Waals surface area (Å²) in [6.07, 6.45) is 0.503. The van der Waals surface area contributed by atoms with Crippen LogP contribution in [-0.4, -0.2) is 42.9 Å². The molecule has 148 valence electrons. The van der Waals surface area contributed by atoms with Gasteiger partial charge in [0.05, 0.1) is 22.0 Å². The van der Waals surface area contributed by atoms with Crippen LogP contribution in [0.25, 0.3) is 0 Å². The summed E-state index contributed by atoms with van der Waals surface area (Å²) < 4.78 is 0. The lowest BCUT2D eigenvalue weighted by molar-refractivity contribution is -0.131. The van der Waals surface area contributed by atoms with Gasteiger partial charge in [0.25, 0.3) is 5.91 Å². The number of anilines is 2. The zero-order chi connectivity index (χ0) is 20.3. The van der Waals surface area contributed by atoms with Gasteiger partial charge in [0, 0.05) is 42.6 Å². The first kappa shape index (κ1) is 20.8. The maximum absolute atomic E-state index is 12.7. The van der Waals surface area contributed by atoms with E-state index in [1.54, 1.807) is 24.3 Å². The molecule has 8 heteroatoms. The van der Waals surface area contributed by atoms with E-state index < -0.39 is 0 Å². The minimum absolute atomic E-state index is 0.153. The van der Waals surface area contributed by atoms with Gasteiger partial charge in [0.1, 0.15) is 0 Å². The standard InChI is InChI=1S/C20H20Cl3N3O2/c1-2-19(27)26-9-7-25(8-10-26)18-6-4-14(22)12-17(18)24-20(28)15-11-13(21)3-5-16(15)23/h3-6,11-12H,2,7-10H2,1H3,(H,24,28). The molecule has 1 N–H and O–H groups in total. The van der Waals surface area contributed by atoms with Gasteiger partial charge in [-0.2, -0.15) is 0 Å². The smallest absolute Gasteiger partial charge is 0.257 e. The Labute approximate surface area is 179 Å². The highest BCUT2D eigenvalue weighted by Crippen LogP contribution is 2.31. The molecule has 0 radical (unpaired) electrons. The fourth-order valence-corrected chi connectivity index (χ4v) is 3.71.